The van der Waals surface area contributed by atoms with Crippen LogP contribution in [0, 0.1) is 5.92 Å². The maximum absolute atomic E-state index is 13.0. The van der Waals surface area contributed by atoms with Gasteiger partial charge in [0.05, 0.1) is 11.6 Å². The lowest BCUT2D eigenvalue weighted by Gasteiger charge is -2.32. The van der Waals surface area contributed by atoms with Crippen LogP contribution in [0.3, 0.4) is 0 Å². The Kier molecular flexibility index (Phi) is 5.13. The number of halogens is 1. The first-order valence-electron chi connectivity index (χ1n) is 9.16. The predicted octanol–water partition coefficient (Wildman–Crippen LogP) is 2.64. The summed E-state index contributed by atoms with van der Waals surface area (Å²) in [6.45, 7) is 3.66. The van der Waals surface area contributed by atoms with E-state index in [1.165, 1.54) is 0 Å². The Morgan fingerprint density at radius 2 is 2.27 bits per heavy atom. The third-order valence-electron chi connectivity index (χ3n) is 5.13. The van der Waals surface area contributed by atoms with Gasteiger partial charge in [0, 0.05) is 49.8 Å². The summed E-state index contributed by atoms with van der Waals surface area (Å²) >= 11 is 6.15. The van der Waals surface area contributed by atoms with E-state index in [4.69, 9.17) is 16.3 Å². The number of nitrogens with zero attached hydrogens (tertiary/aromatic N) is 2. The van der Waals surface area contributed by atoms with Crippen molar-refractivity contribution in [2.75, 3.05) is 26.2 Å². The number of benzene rings is 1. The van der Waals surface area contributed by atoms with Crippen molar-refractivity contribution in [3.05, 3.63) is 46.2 Å². The van der Waals surface area contributed by atoms with Crippen molar-refractivity contribution >= 4 is 17.5 Å². The van der Waals surface area contributed by atoms with E-state index < -0.39 is 0 Å². The number of rotatable bonds is 4. The third kappa shape index (κ3) is 3.57. The molecule has 1 amide bonds. The smallest absolute Gasteiger partial charge is 0.274 e. The molecule has 0 aliphatic carbocycles. The Labute approximate surface area is 157 Å². The topological polar surface area (TPSA) is 70.2 Å². The van der Waals surface area contributed by atoms with E-state index in [-0.39, 0.29) is 5.91 Å². The molecule has 2 N–H and O–H groups in total. The summed E-state index contributed by atoms with van der Waals surface area (Å²) in [6.07, 6.45) is 2.92. The van der Waals surface area contributed by atoms with Gasteiger partial charge in [-0.25, -0.2) is 0 Å². The summed E-state index contributed by atoms with van der Waals surface area (Å²) in [5.74, 6) is 1.02. The number of likely N-dealkylation sites (tertiary alicyclic amines) is 1. The number of H-pyrrole nitrogens is 1. The van der Waals surface area contributed by atoms with Gasteiger partial charge in [-0.15, -0.1) is 0 Å². The van der Waals surface area contributed by atoms with Crippen LogP contribution in [0.25, 0.3) is 0 Å². The van der Waals surface area contributed by atoms with Crippen molar-refractivity contribution in [3.63, 3.8) is 0 Å². The third-order valence-corrected chi connectivity index (χ3v) is 5.44. The van der Waals surface area contributed by atoms with Crippen LogP contribution in [0.15, 0.2) is 24.3 Å². The van der Waals surface area contributed by atoms with E-state index in [1.54, 1.807) is 0 Å². The molecule has 0 saturated carbocycles. The number of piperidine rings is 1. The monoisotopic (exact) mass is 374 g/mol. The van der Waals surface area contributed by atoms with E-state index >= 15 is 0 Å². The Hall–Kier alpha value is -2.05. The van der Waals surface area contributed by atoms with Crippen molar-refractivity contribution in [2.24, 2.45) is 5.92 Å². The fourth-order valence-electron chi connectivity index (χ4n) is 3.71. The molecule has 4 rings (SSSR count). The second-order valence-corrected chi connectivity index (χ2v) is 7.36. The fourth-order valence-corrected chi connectivity index (χ4v) is 3.90. The summed E-state index contributed by atoms with van der Waals surface area (Å²) in [4.78, 5) is 14.9. The van der Waals surface area contributed by atoms with Gasteiger partial charge in [0.15, 0.2) is 5.69 Å². The maximum atomic E-state index is 13.0. The molecule has 1 unspecified atom stereocenters. The molecule has 3 heterocycles. The van der Waals surface area contributed by atoms with Gasteiger partial charge in [0.1, 0.15) is 5.75 Å². The van der Waals surface area contributed by atoms with Crippen LogP contribution in [0.4, 0.5) is 0 Å². The lowest BCUT2D eigenvalue weighted by molar-refractivity contribution is 0.0626. The number of fused-ring (bicyclic) bond motifs is 1. The van der Waals surface area contributed by atoms with Gasteiger partial charge < -0.3 is 15.0 Å². The number of carbonyl (C=O) groups excluding carboxylic acids is 1. The van der Waals surface area contributed by atoms with Gasteiger partial charge in [-0.3, -0.25) is 9.89 Å². The van der Waals surface area contributed by atoms with E-state index in [9.17, 15) is 4.79 Å². The SMILES string of the molecule is O=C(c1n[nH]c2c1CNCC2)N1CCCC(COc2ccccc2Cl)C1. The number of nitrogens with one attached hydrogen (secondary N) is 2. The highest BCUT2D eigenvalue weighted by atomic mass is 35.5. The minimum Gasteiger partial charge on any atom is -0.492 e. The van der Waals surface area contributed by atoms with E-state index in [1.807, 2.05) is 29.2 Å². The Morgan fingerprint density at radius 3 is 3.15 bits per heavy atom. The van der Waals surface area contributed by atoms with E-state index in [2.05, 4.69) is 15.5 Å². The van der Waals surface area contributed by atoms with Crippen LogP contribution in [-0.4, -0.2) is 47.2 Å². The zero-order valence-corrected chi connectivity index (χ0v) is 15.4. The molecule has 1 aromatic carbocycles. The van der Waals surface area contributed by atoms with Gasteiger partial charge in [0.2, 0.25) is 0 Å². The average Bonchev–Trinajstić information content (AvgIpc) is 3.11. The van der Waals surface area contributed by atoms with E-state index in [0.717, 1.165) is 43.6 Å². The second-order valence-electron chi connectivity index (χ2n) is 6.96. The molecule has 1 saturated heterocycles. The standard InChI is InChI=1S/C19H23ClN4O2/c20-15-5-1-2-6-17(15)26-12-13-4-3-9-24(11-13)19(25)18-14-10-21-8-7-16(14)22-23-18/h1-2,5-6,13,21H,3-4,7-12H2,(H,22,23). The molecule has 2 aliphatic heterocycles. The fraction of sp³-hybridized carbons (Fsp3) is 0.474. The lowest BCUT2D eigenvalue weighted by Crippen LogP contribution is -2.42. The number of ether oxygens (including phenoxy) is 1. The molecule has 1 aromatic heterocycles. The summed E-state index contributed by atoms with van der Waals surface area (Å²) in [7, 11) is 0. The zero-order chi connectivity index (χ0) is 17.9. The number of para-hydroxylation sites is 1. The first-order valence-corrected chi connectivity index (χ1v) is 9.53. The summed E-state index contributed by atoms with van der Waals surface area (Å²) in [5.41, 5.74) is 2.68. The molecule has 0 bridgehead atoms. The number of hydrogen-bond donors (Lipinski definition) is 2. The van der Waals surface area contributed by atoms with Crippen molar-refractivity contribution in [3.8, 4) is 5.75 Å². The minimum absolute atomic E-state index is 0.0219. The van der Waals surface area contributed by atoms with Crippen LogP contribution in [0.1, 0.15) is 34.6 Å². The van der Waals surface area contributed by atoms with Gasteiger partial charge in [-0.1, -0.05) is 23.7 Å². The molecule has 2 aromatic rings. The average molecular weight is 375 g/mol. The first-order chi connectivity index (χ1) is 12.7. The number of hydrogen-bond acceptors (Lipinski definition) is 4. The van der Waals surface area contributed by atoms with Crippen molar-refractivity contribution in [1.82, 2.24) is 20.4 Å². The highest BCUT2D eigenvalue weighted by Crippen LogP contribution is 2.26. The lowest BCUT2D eigenvalue weighted by atomic mass is 9.98. The highest BCUT2D eigenvalue weighted by Gasteiger charge is 2.29. The zero-order valence-electron chi connectivity index (χ0n) is 14.6. The number of carbonyl (C=O) groups is 1. The molecular formula is C19H23ClN4O2. The van der Waals surface area contributed by atoms with Crippen molar-refractivity contribution in [1.29, 1.82) is 0 Å². The molecule has 0 spiro atoms. The van der Waals surface area contributed by atoms with Gasteiger partial charge in [-0.2, -0.15) is 5.10 Å². The largest absolute Gasteiger partial charge is 0.492 e. The summed E-state index contributed by atoms with van der Waals surface area (Å²) in [5, 5.41) is 11.3. The Morgan fingerprint density at radius 1 is 1.38 bits per heavy atom. The van der Waals surface area contributed by atoms with E-state index in [0.29, 0.717) is 42.1 Å². The number of aromatic nitrogens is 2. The van der Waals surface area contributed by atoms with Gasteiger partial charge in [0.25, 0.3) is 5.91 Å². The van der Waals surface area contributed by atoms with Crippen LogP contribution in [-0.2, 0) is 13.0 Å². The Balaban J connectivity index is 1.39. The van der Waals surface area contributed by atoms with Gasteiger partial charge in [-0.05, 0) is 25.0 Å². The molecule has 1 atom stereocenters. The second kappa shape index (κ2) is 7.68. The number of aromatic amines is 1. The molecule has 6 nitrogen and oxygen atoms in total. The minimum atomic E-state index is 0.0219. The molecule has 1 fully saturated rings. The molecule has 7 heteroatoms. The normalized spacial score (nSPS) is 19.9. The Bertz CT molecular complexity index is 792. The van der Waals surface area contributed by atoms with Crippen molar-refractivity contribution in [2.45, 2.75) is 25.8 Å². The van der Waals surface area contributed by atoms with Crippen LogP contribution >= 0.6 is 11.6 Å². The summed E-state index contributed by atoms with van der Waals surface area (Å²) in [6, 6.07) is 7.49. The van der Waals surface area contributed by atoms with Crippen molar-refractivity contribution < 1.29 is 9.53 Å². The quantitative estimate of drug-likeness (QED) is 0.863. The molecular weight excluding hydrogens is 352 g/mol. The number of amides is 1. The summed E-state index contributed by atoms with van der Waals surface area (Å²) < 4.78 is 5.88. The predicted molar refractivity (Wildman–Crippen MR) is 99.6 cm³/mol. The molecule has 26 heavy (non-hydrogen) atoms. The van der Waals surface area contributed by atoms with Gasteiger partial charge >= 0.3 is 0 Å². The molecule has 0 radical (unpaired) electrons. The van der Waals surface area contributed by atoms with Crippen LogP contribution < -0.4 is 10.1 Å². The highest BCUT2D eigenvalue weighted by molar-refractivity contribution is 6.32. The van der Waals surface area contributed by atoms with Crippen LogP contribution in [0.2, 0.25) is 5.02 Å². The maximum Gasteiger partial charge on any atom is 0.274 e. The molecule has 2 aliphatic rings. The van der Waals surface area contributed by atoms with Crippen LogP contribution in [0.5, 0.6) is 5.75 Å². The first kappa shape index (κ1) is 17.4. The molecule has 138 valence electrons.